The highest BCUT2D eigenvalue weighted by Gasteiger charge is 2.30. The molecule has 1 N–H and O–H groups in total. The van der Waals surface area contributed by atoms with Gasteiger partial charge in [0, 0.05) is 34.5 Å². The number of methoxy groups -OCH3 is 2. The molecule has 9 nitrogen and oxygen atoms in total. The van der Waals surface area contributed by atoms with Crippen molar-refractivity contribution in [3.05, 3.63) is 53.2 Å². The number of amides is 2. The van der Waals surface area contributed by atoms with Crippen LogP contribution < -0.4 is 15.0 Å². The lowest BCUT2D eigenvalue weighted by molar-refractivity contribution is 0.141. The molecule has 0 spiro atoms. The van der Waals surface area contributed by atoms with Crippen molar-refractivity contribution in [2.45, 2.75) is 13.2 Å². The number of anilines is 2. The number of carbonyl (C=O) groups is 2. The first-order chi connectivity index (χ1) is 14.9. The van der Waals surface area contributed by atoms with Gasteiger partial charge in [-0.2, -0.15) is 4.98 Å². The van der Waals surface area contributed by atoms with Gasteiger partial charge in [0.25, 0.3) is 0 Å². The summed E-state index contributed by atoms with van der Waals surface area (Å²) in [7, 11) is 2.58. The Hall–Kier alpha value is -4.02. The van der Waals surface area contributed by atoms with Crippen molar-refractivity contribution in [1.29, 1.82) is 0 Å². The molecular weight excluding hydrogens is 414 g/mol. The van der Waals surface area contributed by atoms with Crippen LogP contribution in [0.5, 0.6) is 5.88 Å². The predicted octanol–water partition coefficient (Wildman–Crippen LogP) is 3.75. The molecular formula is C20H16F2N4O5. The number of rotatable bonds is 4. The smallest absolute Gasteiger partial charge is 0.414 e. The van der Waals surface area contributed by atoms with Crippen LogP contribution in [0.3, 0.4) is 0 Å². The molecule has 0 saturated heterocycles. The van der Waals surface area contributed by atoms with Gasteiger partial charge in [0.1, 0.15) is 18.2 Å². The fourth-order valence-electron chi connectivity index (χ4n) is 3.23. The minimum Gasteiger partial charge on any atom is -0.481 e. The van der Waals surface area contributed by atoms with E-state index in [4.69, 9.17) is 9.47 Å². The van der Waals surface area contributed by atoms with Gasteiger partial charge in [0.15, 0.2) is 5.65 Å². The van der Waals surface area contributed by atoms with Crippen molar-refractivity contribution < 1.29 is 32.6 Å². The number of cyclic esters (lactones) is 1. The number of hydrogen-bond donors (Lipinski definition) is 1. The van der Waals surface area contributed by atoms with E-state index in [0.717, 1.165) is 24.1 Å². The lowest BCUT2D eigenvalue weighted by Gasteiger charge is -2.30. The van der Waals surface area contributed by atoms with Crippen LogP contribution in [0.1, 0.15) is 11.1 Å². The molecule has 0 saturated carbocycles. The molecule has 4 rings (SSSR count). The Morgan fingerprint density at radius 2 is 2.00 bits per heavy atom. The average Bonchev–Trinajstić information content (AvgIpc) is 2.76. The summed E-state index contributed by atoms with van der Waals surface area (Å²) in [5.41, 5.74) is 0.747. The monoisotopic (exact) mass is 430 g/mol. The summed E-state index contributed by atoms with van der Waals surface area (Å²) in [5, 5.41) is 2.69. The summed E-state index contributed by atoms with van der Waals surface area (Å²) in [6.07, 6.45) is -0.159. The Kier molecular flexibility index (Phi) is 5.24. The number of nitrogens with one attached hydrogen (secondary N) is 1. The molecule has 2 aromatic heterocycles. The van der Waals surface area contributed by atoms with Gasteiger partial charge >= 0.3 is 12.2 Å². The maximum absolute atomic E-state index is 14.7. The first kappa shape index (κ1) is 20.3. The molecule has 3 aromatic rings. The van der Waals surface area contributed by atoms with Gasteiger partial charge < -0.3 is 14.2 Å². The van der Waals surface area contributed by atoms with Gasteiger partial charge in [-0.25, -0.2) is 23.4 Å². The zero-order valence-electron chi connectivity index (χ0n) is 16.4. The van der Waals surface area contributed by atoms with Crippen LogP contribution in [-0.2, 0) is 22.6 Å². The molecule has 0 aliphatic carbocycles. The molecule has 0 bridgehead atoms. The summed E-state index contributed by atoms with van der Waals surface area (Å²) >= 11 is 0. The maximum Gasteiger partial charge on any atom is 0.414 e. The minimum atomic E-state index is -0.954. The Labute approximate surface area is 174 Å². The van der Waals surface area contributed by atoms with Gasteiger partial charge in [-0.1, -0.05) is 0 Å². The van der Waals surface area contributed by atoms with E-state index in [1.807, 2.05) is 0 Å². The van der Waals surface area contributed by atoms with Crippen LogP contribution in [0.15, 0.2) is 30.5 Å². The lowest BCUT2D eigenvalue weighted by atomic mass is 10.1. The Bertz CT molecular complexity index is 1180. The van der Waals surface area contributed by atoms with Gasteiger partial charge in [-0.15, -0.1) is 0 Å². The molecule has 0 radical (unpaired) electrons. The molecule has 1 aliphatic heterocycles. The second kappa shape index (κ2) is 8.01. The minimum absolute atomic E-state index is 0.0351. The van der Waals surface area contributed by atoms with E-state index < -0.39 is 30.4 Å². The lowest BCUT2D eigenvalue weighted by Crippen LogP contribution is -2.36. The molecule has 0 fully saturated rings. The highest BCUT2D eigenvalue weighted by Crippen LogP contribution is 2.35. The van der Waals surface area contributed by atoms with E-state index in [1.54, 1.807) is 12.1 Å². The normalized spacial score (nSPS) is 12.9. The number of halogens is 2. The molecule has 1 aromatic carbocycles. The number of ether oxygens (including phenoxy) is 3. The largest absolute Gasteiger partial charge is 0.481 e. The van der Waals surface area contributed by atoms with E-state index in [2.05, 4.69) is 20.0 Å². The molecule has 3 heterocycles. The number of carbonyl (C=O) groups excluding carboxylic acids is 2. The summed E-state index contributed by atoms with van der Waals surface area (Å²) in [6.45, 7) is -0.486. The van der Waals surface area contributed by atoms with Crippen molar-refractivity contribution in [2.75, 3.05) is 24.4 Å². The topological polar surface area (TPSA) is 103 Å². The Morgan fingerprint density at radius 3 is 2.68 bits per heavy atom. The van der Waals surface area contributed by atoms with Gasteiger partial charge in [0.2, 0.25) is 5.88 Å². The highest BCUT2D eigenvalue weighted by molar-refractivity contribution is 6.01. The Balaban J connectivity index is 1.76. The standard InChI is InChI=1S/C20H16F2N4O5/c1-29-16-4-3-12-17-10(7-23-18(12)25-16)9-31-20(28)26(17)8-13-14(21)5-11(6-15(13)22)24-19(27)30-2/h3-7H,8-9H2,1-2H3,(H,24,27). The maximum atomic E-state index is 14.7. The molecule has 2 amide bonds. The van der Waals surface area contributed by atoms with E-state index in [-0.39, 0.29) is 17.9 Å². The van der Waals surface area contributed by atoms with Gasteiger partial charge in [0.05, 0.1) is 26.5 Å². The van der Waals surface area contributed by atoms with Crippen LogP contribution in [0, 0.1) is 11.6 Å². The molecule has 0 unspecified atom stereocenters. The first-order valence-electron chi connectivity index (χ1n) is 9.01. The average molecular weight is 430 g/mol. The van der Waals surface area contributed by atoms with Crippen LogP contribution in [0.25, 0.3) is 11.0 Å². The van der Waals surface area contributed by atoms with Crippen molar-refractivity contribution in [3.8, 4) is 5.88 Å². The molecule has 11 heteroatoms. The number of pyridine rings is 2. The number of aromatic nitrogens is 2. The quantitative estimate of drug-likeness (QED) is 0.672. The van der Waals surface area contributed by atoms with Crippen LogP contribution >= 0.6 is 0 Å². The van der Waals surface area contributed by atoms with Gasteiger partial charge in [-0.05, 0) is 18.2 Å². The Morgan fingerprint density at radius 1 is 1.26 bits per heavy atom. The van der Waals surface area contributed by atoms with E-state index in [9.17, 15) is 18.4 Å². The SMILES string of the molecule is COC(=O)Nc1cc(F)c(CN2C(=O)OCc3cnc4nc(OC)ccc4c32)c(F)c1. The van der Waals surface area contributed by atoms with Crippen molar-refractivity contribution >= 4 is 34.6 Å². The molecule has 1 aliphatic rings. The summed E-state index contributed by atoms with van der Waals surface area (Å²) in [6, 6.07) is 5.12. The molecule has 160 valence electrons. The number of benzene rings is 1. The van der Waals surface area contributed by atoms with Crippen molar-refractivity contribution in [2.24, 2.45) is 0 Å². The zero-order chi connectivity index (χ0) is 22.1. The fraction of sp³-hybridized carbons (Fsp3) is 0.200. The van der Waals surface area contributed by atoms with E-state index >= 15 is 0 Å². The third-order valence-corrected chi connectivity index (χ3v) is 4.69. The summed E-state index contributed by atoms with van der Waals surface area (Å²) < 4.78 is 44.0. The van der Waals surface area contributed by atoms with Crippen LogP contribution in [-0.4, -0.2) is 36.4 Å². The summed E-state index contributed by atoms with van der Waals surface area (Å²) in [4.78, 5) is 33.4. The third kappa shape index (κ3) is 3.77. The number of nitrogens with zero attached hydrogens (tertiary/aromatic N) is 3. The van der Waals surface area contributed by atoms with E-state index in [0.29, 0.717) is 28.2 Å². The number of fused-ring (bicyclic) bond motifs is 3. The van der Waals surface area contributed by atoms with Crippen LogP contribution in [0.2, 0.25) is 0 Å². The fourth-order valence-corrected chi connectivity index (χ4v) is 3.23. The van der Waals surface area contributed by atoms with Gasteiger partial charge in [-0.3, -0.25) is 10.2 Å². The van der Waals surface area contributed by atoms with E-state index in [1.165, 1.54) is 13.3 Å². The predicted molar refractivity (Wildman–Crippen MR) is 105 cm³/mol. The zero-order valence-corrected chi connectivity index (χ0v) is 16.4. The first-order valence-corrected chi connectivity index (χ1v) is 9.01. The van der Waals surface area contributed by atoms with Crippen molar-refractivity contribution in [1.82, 2.24) is 9.97 Å². The molecule has 31 heavy (non-hydrogen) atoms. The van der Waals surface area contributed by atoms with Crippen molar-refractivity contribution in [3.63, 3.8) is 0 Å². The summed E-state index contributed by atoms with van der Waals surface area (Å²) in [5.74, 6) is -1.58. The van der Waals surface area contributed by atoms with Crippen LogP contribution in [0.4, 0.5) is 29.7 Å². The third-order valence-electron chi connectivity index (χ3n) is 4.69. The highest BCUT2D eigenvalue weighted by atomic mass is 19.1. The second-order valence-electron chi connectivity index (χ2n) is 6.53. The molecule has 0 atom stereocenters. The second-order valence-corrected chi connectivity index (χ2v) is 6.53. The number of hydrogen-bond acceptors (Lipinski definition) is 7.